The van der Waals surface area contributed by atoms with Crippen molar-refractivity contribution in [2.45, 2.75) is 44.6 Å². The number of carbonyl (C=O) groups excluding carboxylic acids is 1. The summed E-state index contributed by atoms with van der Waals surface area (Å²) in [6.45, 7) is 2.05. The molecule has 2 rings (SSSR count). The van der Waals surface area contributed by atoms with Crippen LogP contribution < -0.4 is 4.74 Å². The molecule has 4 heteroatoms. The van der Waals surface area contributed by atoms with Gasteiger partial charge in [-0.1, -0.05) is 18.5 Å². The zero-order valence-electron chi connectivity index (χ0n) is 11.4. The minimum absolute atomic E-state index is 0.218. The molecule has 0 heterocycles. The van der Waals surface area contributed by atoms with Gasteiger partial charge >= 0.3 is 5.97 Å². The average Bonchev–Trinajstić information content (AvgIpc) is 2.38. The van der Waals surface area contributed by atoms with Crippen LogP contribution in [0.3, 0.4) is 0 Å². The molecule has 1 aromatic carbocycles. The zero-order chi connectivity index (χ0) is 13.9. The summed E-state index contributed by atoms with van der Waals surface area (Å²) >= 11 is 6.09. The van der Waals surface area contributed by atoms with Gasteiger partial charge in [-0.15, -0.1) is 0 Å². The molecular weight excluding hydrogens is 264 g/mol. The van der Waals surface area contributed by atoms with Crippen LogP contribution in [-0.4, -0.2) is 18.7 Å². The Balaban J connectivity index is 2.12. The van der Waals surface area contributed by atoms with Crippen molar-refractivity contribution in [3.05, 3.63) is 28.8 Å². The van der Waals surface area contributed by atoms with Crippen molar-refractivity contribution < 1.29 is 14.3 Å². The number of hydrogen-bond donors (Lipinski definition) is 0. The Morgan fingerprint density at radius 3 is 2.68 bits per heavy atom. The molecule has 0 bridgehead atoms. The van der Waals surface area contributed by atoms with Crippen molar-refractivity contribution in [1.29, 1.82) is 0 Å². The minimum Gasteiger partial charge on any atom is -0.487 e. The lowest BCUT2D eigenvalue weighted by molar-refractivity contribution is -0.148. The van der Waals surface area contributed by atoms with Gasteiger partial charge in [0.25, 0.3) is 0 Å². The summed E-state index contributed by atoms with van der Waals surface area (Å²) in [5.41, 5.74) is 0.679. The number of carbonyl (C=O) groups is 1. The van der Waals surface area contributed by atoms with E-state index in [1.165, 1.54) is 7.11 Å². The van der Waals surface area contributed by atoms with E-state index in [2.05, 4.69) is 6.92 Å². The largest absolute Gasteiger partial charge is 0.487 e. The second-order valence-electron chi connectivity index (χ2n) is 5.00. The molecule has 1 aromatic rings. The van der Waals surface area contributed by atoms with Gasteiger partial charge in [0.2, 0.25) is 0 Å². The van der Waals surface area contributed by atoms with Crippen molar-refractivity contribution in [1.82, 2.24) is 0 Å². The Bertz CT molecular complexity index is 466. The SMILES string of the molecule is CCc1cc(OC2(CC(=O)OC)CCC2)ccc1Cl. The Labute approximate surface area is 118 Å². The van der Waals surface area contributed by atoms with Gasteiger partial charge in [-0.2, -0.15) is 0 Å². The molecule has 0 atom stereocenters. The van der Waals surface area contributed by atoms with Crippen LogP contribution in [0.2, 0.25) is 5.02 Å². The number of methoxy groups -OCH3 is 1. The summed E-state index contributed by atoms with van der Waals surface area (Å²) in [6.07, 6.45) is 4.05. The van der Waals surface area contributed by atoms with E-state index in [0.717, 1.165) is 42.0 Å². The maximum absolute atomic E-state index is 11.5. The van der Waals surface area contributed by atoms with Crippen LogP contribution in [0.5, 0.6) is 5.75 Å². The predicted octanol–water partition coefficient (Wildman–Crippen LogP) is 3.77. The molecule has 0 amide bonds. The molecule has 0 spiro atoms. The van der Waals surface area contributed by atoms with Crippen molar-refractivity contribution in [3.8, 4) is 5.75 Å². The van der Waals surface area contributed by atoms with E-state index >= 15 is 0 Å². The van der Waals surface area contributed by atoms with E-state index in [1.807, 2.05) is 18.2 Å². The molecule has 0 saturated heterocycles. The highest BCUT2D eigenvalue weighted by Gasteiger charge is 2.41. The van der Waals surface area contributed by atoms with E-state index in [4.69, 9.17) is 21.1 Å². The lowest BCUT2D eigenvalue weighted by Gasteiger charge is -2.41. The number of aryl methyl sites for hydroxylation is 1. The van der Waals surface area contributed by atoms with Crippen LogP contribution in [-0.2, 0) is 16.0 Å². The van der Waals surface area contributed by atoms with Crippen molar-refractivity contribution in [2.24, 2.45) is 0 Å². The standard InChI is InChI=1S/C15H19ClO3/c1-3-11-9-12(5-6-13(11)16)19-15(7-4-8-15)10-14(17)18-2/h5-6,9H,3-4,7-8,10H2,1-2H3. The van der Waals surface area contributed by atoms with Crippen molar-refractivity contribution in [2.75, 3.05) is 7.11 Å². The fourth-order valence-electron chi connectivity index (χ4n) is 2.36. The number of benzene rings is 1. The summed E-state index contributed by atoms with van der Waals surface area (Å²) in [5, 5.41) is 0.755. The van der Waals surface area contributed by atoms with Gasteiger partial charge in [0.1, 0.15) is 11.4 Å². The number of ether oxygens (including phenoxy) is 2. The molecule has 3 nitrogen and oxygen atoms in total. The quantitative estimate of drug-likeness (QED) is 0.771. The highest BCUT2D eigenvalue weighted by Crippen LogP contribution is 2.40. The van der Waals surface area contributed by atoms with Crippen LogP contribution in [0.25, 0.3) is 0 Å². The van der Waals surface area contributed by atoms with Crippen molar-refractivity contribution in [3.63, 3.8) is 0 Å². The van der Waals surface area contributed by atoms with Gasteiger partial charge in [-0.25, -0.2) is 0 Å². The molecular formula is C15H19ClO3. The second kappa shape index (κ2) is 5.83. The fraction of sp³-hybridized carbons (Fsp3) is 0.533. The van der Waals surface area contributed by atoms with Crippen LogP contribution in [0.4, 0.5) is 0 Å². The van der Waals surface area contributed by atoms with E-state index in [0.29, 0.717) is 6.42 Å². The number of hydrogen-bond acceptors (Lipinski definition) is 3. The third-order valence-electron chi connectivity index (χ3n) is 3.69. The molecule has 0 N–H and O–H groups in total. The van der Waals surface area contributed by atoms with Gasteiger partial charge in [0, 0.05) is 5.02 Å². The maximum Gasteiger partial charge on any atom is 0.309 e. The predicted molar refractivity (Wildman–Crippen MR) is 74.7 cm³/mol. The summed E-state index contributed by atoms with van der Waals surface area (Å²) in [5.74, 6) is 0.564. The summed E-state index contributed by atoms with van der Waals surface area (Å²) in [6, 6.07) is 5.67. The third-order valence-corrected chi connectivity index (χ3v) is 4.06. The van der Waals surface area contributed by atoms with E-state index in [1.54, 1.807) is 0 Å². The minimum atomic E-state index is -0.383. The molecule has 1 saturated carbocycles. The first-order chi connectivity index (χ1) is 9.08. The topological polar surface area (TPSA) is 35.5 Å². The van der Waals surface area contributed by atoms with Crippen LogP contribution in [0.15, 0.2) is 18.2 Å². The highest BCUT2D eigenvalue weighted by molar-refractivity contribution is 6.31. The van der Waals surface area contributed by atoms with E-state index in [9.17, 15) is 4.79 Å². The summed E-state index contributed by atoms with van der Waals surface area (Å²) in [7, 11) is 1.41. The first kappa shape index (κ1) is 14.2. The molecule has 0 radical (unpaired) electrons. The maximum atomic E-state index is 11.5. The molecule has 1 aliphatic carbocycles. The zero-order valence-corrected chi connectivity index (χ0v) is 12.1. The smallest absolute Gasteiger partial charge is 0.309 e. The number of esters is 1. The molecule has 104 valence electrons. The molecule has 0 aromatic heterocycles. The molecule has 1 aliphatic rings. The van der Waals surface area contributed by atoms with E-state index < -0.39 is 0 Å². The molecule has 0 aliphatic heterocycles. The summed E-state index contributed by atoms with van der Waals surface area (Å²) in [4.78, 5) is 11.5. The Hall–Kier alpha value is -1.22. The van der Waals surface area contributed by atoms with Gasteiger partial charge in [0.15, 0.2) is 0 Å². The van der Waals surface area contributed by atoms with Crippen molar-refractivity contribution >= 4 is 17.6 Å². The fourth-order valence-corrected chi connectivity index (χ4v) is 2.61. The first-order valence-corrected chi connectivity index (χ1v) is 7.00. The monoisotopic (exact) mass is 282 g/mol. The van der Waals surface area contributed by atoms with Gasteiger partial charge < -0.3 is 9.47 Å². The Morgan fingerprint density at radius 1 is 1.42 bits per heavy atom. The molecule has 0 unspecified atom stereocenters. The lowest BCUT2D eigenvalue weighted by Crippen LogP contribution is -2.45. The van der Waals surface area contributed by atoms with Gasteiger partial charge in [-0.05, 0) is 49.4 Å². The van der Waals surface area contributed by atoms with Gasteiger partial charge in [0.05, 0.1) is 13.5 Å². The first-order valence-electron chi connectivity index (χ1n) is 6.63. The number of rotatable bonds is 5. The van der Waals surface area contributed by atoms with Crippen LogP contribution in [0, 0.1) is 0 Å². The van der Waals surface area contributed by atoms with Crippen LogP contribution in [0.1, 0.15) is 38.2 Å². The Kier molecular flexibility index (Phi) is 4.35. The Morgan fingerprint density at radius 2 is 2.16 bits per heavy atom. The third kappa shape index (κ3) is 3.21. The lowest BCUT2D eigenvalue weighted by atomic mass is 9.77. The summed E-state index contributed by atoms with van der Waals surface area (Å²) < 4.78 is 10.8. The van der Waals surface area contributed by atoms with Gasteiger partial charge in [-0.3, -0.25) is 4.79 Å². The molecule has 1 fully saturated rings. The highest BCUT2D eigenvalue weighted by atomic mass is 35.5. The molecule has 19 heavy (non-hydrogen) atoms. The normalized spacial score (nSPS) is 16.6. The second-order valence-corrected chi connectivity index (χ2v) is 5.41. The number of halogens is 1. The average molecular weight is 283 g/mol. The van der Waals surface area contributed by atoms with Crippen LogP contribution >= 0.6 is 11.6 Å². The van der Waals surface area contributed by atoms with E-state index in [-0.39, 0.29) is 11.6 Å².